The first-order valence-corrected chi connectivity index (χ1v) is 9.02. The van der Waals surface area contributed by atoms with Crippen LogP contribution in [0.5, 0.6) is 0 Å². The molecule has 4 nitrogen and oxygen atoms in total. The lowest BCUT2D eigenvalue weighted by molar-refractivity contribution is -0.186. The Labute approximate surface area is 143 Å². The van der Waals surface area contributed by atoms with Crippen LogP contribution in [0.25, 0.3) is 10.9 Å². The number of rotatable bonds is 3. The molecule has 1 atom stereocenters. The smallest absolute Gasteiger partial charge is 0.0967 e. The molecule has 0 bridgehead atoms. The Morgan fingerprint density at radius 1 is 1.29 bits per heavy atom. The van der Waals surface area contributed by atoms with Crippen LogP contribution in [0.3, 0.4) is 0 Å². The number of likely N-dealkylation sites (tertiary alicyclic amines) is 1. The van der Waals surface area contributed by atoms with E-state index in [2.05, 4.69) is 34.1 Å². The Hall–Kier alpha value is -1.49. The van der Waals surface area contributed by atoms with Gasteiger partial charge in [0.05, 0.1) is 17.2 Å². The zero-order valence-electron chi connectivity index (χ0n) is 14.4. The first-order valence-electron chi connectivity index (χ1n) is 9.02. The van der Waals surface area contributed by atoms with Gasteiger partial charge in [-0.25, -0.2) is 0 Å². The maximum atomic E-state index is 6.21. The van der Waals surface area contributed by atoms with E-state index in [1.165, 1.54) is 10.9 Å². The van der Waals surface area contributed by atoms with Crippen molar-refractivity contribution in [2.75, 3.05) is 26.8 Å². The molecule has 0 radical (unpaired) electrons. The molecule has 1 aromatic heterocycles. The zero-order chi connectivity index (χ0) is 16.4. The molecule has 128 valence electrons. The second kappa shape index (κ2) is 6.79. The van der Waals surface area contributed by atoms with Crippen LogP contribution in [0.1, 0.15) is 31.2 Å². The molecule has 2 aliphatic rings. The van der Waals surface area contributed by atoms with Crippen LogP contribution in [-0.4, -0.2) is 48.4 Å². The van der Waals surface area contributed by atoms with Crippen LogP contribution in [0, 0.1) is 0 Å². The molecular formula is C20H26N2O2. The normalized spacial score (nSPS) is 24.5. The van der Waals surface area contributed by atoms with E-state index in [1.54, 1.807) is 0 Å². The summed E-state index contributed by atoms with van der Waals surface area (Å²) in [6.07, 6.45) is 6.51. The van der Waals surface area contributed by atoms with Crippen molar-refractivity contribution in [3.8, 4) is 0 Å². The highest BCUT2D eigenvalue weighted by Gasteiger charge is 2.44. The fourth-order valence-corrected chi connectivity index (χ4v) is 4.27. The second-order valence-corrected chi connectivity index (χ2v) is 7.09. The van der Waals surface area contributed by atoms with Gasteiger partial charge in [-0.2, -0.15) is 0 Å². The number of fused-ring (bicyclic) bond motifs is 1. The van der Waals surface area contributed by atoms with Crippen molar-refractivity contribution in [1.29, 1.82) is 0 Å². The van der Waals surface area contributed by atoms with Crippen molar-refractivity contribution in [1.82, 2.24) is 9.88 Å². The van der Waals surface area contributed by atoms with Crippen LogP contribution >= 0.6 is 0 Å². The van der Waals surface area contributed by atoms with Gasteiger partial charge in [0.1, 0.15) is 0 Å². The molecule has 0 saturated carbocycles. The Bertz CT molecular complexity index is 695. The molecule has 0 amide bonds. The number of benzene rings is 1. The minimum absolute atomic E-state index is 0.0448. The summed E-state index contributed by atoms with van der Waals surface area (Å²) in [6, 6.07) is 10.7. The molecule has 1 spiro atoms. The van der Waals surface area contributed by atoms with Gasteiger partial charge >= 0.3 is 0 Å². The summed E-state index contributed by atoms with van der Waals surface area (Å²) in [5.41, 5.74) is 2.38. The highest BCUT2D eigenvalue weighted by molar-refractivity contribution is 5.78. The Kier molecular flexibility index (Phi) is 4.53. The Morgan fingerprint density at radius 3 is 3.00 bits per heavy atom. The van der Waals surface area contributed by atoms with Gasteiger partial charge in [0.25, 0.3) is 0 Å². The van der Waals surface area contributed by atoms with E-state index in [0.29, 0.717) is 0 Å². The van der Waals surface area contributed by atoms with E-state index >= 15 is 0 Å². The number of piperidine rings is 1. The average molecular weight is 326 g/mol. The lowest BCUT2D eigenvalue weighted by Gasteiger charge is -2.48. The van der Waals surface area contributed by atoms with Crippen molar-refractivity contribution < 1.29 is 9.47 Å². The maximum absolute atomic E-state index is 6.21. The summed E-state index contributed by atoms with van der Waals surface area (Å²) in [5, 5.41) is 1.22. The lowest BCUT2D eigenvalue weighted by Crippen LogP contribution is -2.55. The third-order valence-corrected chi connectivity index (χ3v) is 5.65. The molecule has 24 heavy (non-hydrogen) atoms. The fourth-order valence-electron chi connectivity index (χ4n) is 4.27. The van der Waals surface area contributed by atoms with Gasteiger partial charge < -0.3 is 9.47 Å². The monoisotopic (exact) mass is 326 g/mol. The summed E-state index contributed by atoms with van der Waals surface area (Å²) in [7, 11) is 1.83. The lowest BCUT2D eigenvalue weighted by atomic mass is 9.81. The minimum atomic E-state index is -0.0448. The summed E-state index contributed by atoms with van der Waals surface area (Å²) < 4.78 is 11.9. The Balaban J connectivity index is 1.42. The Morgan fingerprint density at radius 2 is 2.17 bits per heavy atom. The molecular weight excluding hydrogens is 300 g/mol. The summed E-state index contributed by atoms with van der Waals surface area (Å²) in [5.74, 6) is 0. The van der Waals surface area contributed by atoms with E-state index in [0.717, 1.165) is 57.4 Å². The van der Waals surface area contributed by atoms with Gasteiger partial charge in [-0.15, -0.1) is 0 Å². The summed E-state index contributed by atoms with van der Waals surface area (Å²) >= 11 is 0. The molecule has 2 saturated heterocycles. The van der Waals surface area contributed by atoms with E-state index in [4.69, 9.17) is 9.47 Å². The van der Waals surface area contributed by atoms with E-state index in [-0.39, 0.29) is 11.7 Å². The highest BCUT2D eigenvalue weighted by Crippen LogP contribution is 2.37. The van der Waals surface area contributed by atoms with Crippen molar-refractivity contribution >= 4 is 10.9 Å². The number of methoxy groups -OCH3 is 1. The molecule has 0 aliphatic carbocycles. The second-order valence-electron chi connectivity index (χ2n) is 7.09. The topological polar surface area (TPSA) is 34.6 Å². The zero-order valence-corrected chi connectivity index (χ0v) is 14.4. The number of ether oxygens (including phenoxy) is 2. The highest BCUT2D eigenvalue weighted by atomic mass is 16.5. The van der Waals surface area contributed by atoms with Gasteiger partial charge in [0.15, 0.2) is 0 Å². The van der Waals surface area contributed by atoms with Gasteiger partial charge in [0.2, 0.25) is 0 Å². The molecule has 2 fully saturated rings. The van der Waals surface area contributed by atoms with Crippen LogP contribution in [0.2, 0.25) is 0 Å². The molecule has 0 N–H and O–H groups in total. The number of hydrogen-bond donors (Lipinski definition) is 0. The molecule has 3 heterocycles. The predicted octanol–water partition coefficient (Wildman–Crippen LogP) is 3.39. The van der Waals surface area contributed by atoms with Crippen LogP contribution < -0.4 is 0 Å². The van der Waals surface area contributed by atoms with E-state index < -0.39 is 0 Å². The number of pyridine rings is 1. The van der Waals surface area contributed by atoms with Crippen molar-refractivity contribution in [3.05, 3.63) is 42.1 Å². The summed E-state index contributed by atoms with van der Waals surface area (Å²) in [4.78, 5) is 6.94. The van der Waals surface area contributed by atoms with Gasteiger partial charge in [0, 0.05) is 44.9 Å². The predicted molar refractivity (Wildman–Crippen MR) is 95.0 cm³/mol. The number of hydrogen-bond acceptors (Lipinski definition) is 4. The first-order chi connectivity index (χ1) is 11.8. The SMILES string of the molecule is CO[C@@H]1CCCOC12CCN(Cc1ccc3ncccc3c1)CC2. The summed E-state index contributed by atoms with van der Waals surface area (Å²) in [6.45, 7) is 4.03. The van der Waals surface area contributed by atoms with Gasteiger partial charge in [-0.1, -0.05) is 12.1 Å². The molecule has 2 aromatic rings. The van der Waals surface area contributed by atoms with Crippen LogP contribution in [0.15, 0.2) is 36.5 Å². The van der Waals surface area contributed by atoms with Crippen molar-refractivity contribution in [3.63, 3.8) is 0 Å². The van der Waals surface area contributed by atoms with Gasteiger partial charge in [-0.05, 0) is 49.4 Å². The first kappa shape index (κ1) is 16.0. The van der Waals surface area contributed by atoms with Crippen LogP contribution in [-0.2, 0) is 16.0 Å². The maximum Gasteiger partial charge on any atom is 0.0967 e. The third kappa shape index (κ3) is 3.06. The minimum Gasteiger partial charge on any atom is -0.378 e. The van der Waals surface area contributed by atoms with E-state index in [1.807, 2.05) is 19.4 Å². The van der Waals surface area contributed by atoms with Crippen molar-refractivity contribution in [2.45, 2.75) is 43.9 Å². The molecule has 4 rings (SSSR count). The average Bonchev–Trinajstić information content (AvgIpc) is 2.64. The van der Waals surface area contributed by atoms with Crippen molar-refractivity contribution in [2.24, 2.45) is 0 Å². The molecule has 4 heteroatoms. The van der Waals surface area contributed by atoms with Gasteiger partial charge in [-0.3, -0.25) is 9.88 Å². The largest absolute Gasteiger partial charge is 0.378 e. The quantitative estimate of drug-likeness (QED) is 0.866. The fraction of sp³-hybridized carbons (Fsp3) is 0.550. The molecule has 1 aromatic carbocycles. The molecule has 2 aliphatic heterocycles. The van der Waals surface area contributed by atoms with E-state index in [9.17, 15) is 0 Å². The third-order valence-electron chi connectivity index (χ3n) is 5.65. The number of nitrogens with zero attached hydrogens (tertiary/aromatic N) is 2. The standard InChI is InChI=1S/C20H26N2O2/c1-23-19-5-3-13-24-20(19)8-11-22(12-9-20)15-16-6-7-18-17(14-16)4-2-10-21-18/h2,4,6-7,10,14,19H,3,5,8-9,11-13,15H2,1H3/t19-/m1/s1. The van der Waals surface area contributed by atoms with Crippen LogP contribution in [0.4, 0.5) is 0 Å². The molecule has 0 unspecified atom stereocenters. The number of aromatic nitrogens is 1.